The van der Waals surface area contributed by atoms with Crippen LogP contribution in [0.15, 0.2) is 18.2 Å². The summed E-state index contributed by atoms with van der Waals surface area (Å²) in [7, 11) is 0. The molecule has 5 nitrogen and oxygen atoms in total. The van der Waals surface area contributed by atoms with E-state index in [-0.39, 0.29) is 11.5 Å². The molecule has 0 atom stereocenters. The summed E-state index contributed by atoms with van der Waals surface area (Å²) in [5, 5.41) is 0.741. The molecule has 0 saturated carbocycles. The normalized spacial score (nSPS) is 19.8. The van der Waals surface area contributed by atoms with Crippen LogP contribution >= 0.6 is 11.6 Å². The standard InChI is InChI=1S/C18H26ClN3O2/c1-17(2,3)24-16(23)22-11-18(12-22)9-21(10-18)8-13-5-4-6-15(19)14(13)7-20/h4-6H,7-12,20H2,1-3H3. The molecule has 2 fully saturated rings. The molecule has 6 heteroatoms. The van der Waals surface area contributed by atoms with Gasteiger partial charge < -0.3 is 15.4 Å². The summed E-state index contributed by atoms with van der Waals surface area (Å²) in [6, 6.07) is 5.95. The van der Waals surface area contributed by atoms with E-state index >= 15 is 0 Å². The molecule has 24 heavy (non-hydrogen) atoms. The lowest BCUT2D eigenvalue weighted by Gasteiger charge is -2.60. The van der Waals surface area contributed by atoms with Gasteiger partial charge >= 0.3 is 6.09 Å². The summed E-state index contributed by atoms with van der Waals surface area (Å²) in [4.78, 5) is 16.2. The Kier molecular flexibility index (Phi) is 4.53. The highest BCUT2D eigenvalue weighted by atomic mass is 35.5. The lowest BCUT2D eigenvalue weighted by Crippen LogP contribution is -2.72. The van der Waals surface area contributed by atoms with Crippen LogP contribution in [0.3, 0.4) is 0 Å². The summed E-state index contributed by atoms with van der Waals surface area (Å²) in [5.41, 5.74) is 7.86. The molecule has 132 valence electrons. The molecular weight excluding hydrogens is 326 g/mol. The van der Waals surface area contributed by atoms with Gasteiger partial charge in [0.1, 0.15) is 5.60 Å². The SMILES string of the molecule is CC(C)(C)OC(=O)N1CC2(CN(Cc3cccc(Cl)c3CN)C2)C1. The highest BCUT2D eigenvalue weighted by Crippen LogP contribution is 2.41. The zero-order valence-corrected chi connectivity index (χ0v) is 15.4. The lowest BCUT2D eigenvalue weighted by atomic mass is 9.73. The summed E-state index contributed by atoms with van der Waals surface area (Å²) >= 11 is 6.22. The molecule has 1 aromatic rings. The zero-order chi connectivity index (χ0) is 17.5. The largest absolute Gasteiger partial charge is 0.444 e. The molecule has 2 aliphatic heterocycles. The quantitative estimate of drug-likeness (QED) is 0.909. The number of nitrogens with zero attached hydrogens (tertiary/aromatic N) is 2. The zero-order valence-electron chi connectivity index (χ0n) is 14.6. The number of halogens is 1. The van der Waals surface area contributed by atoms with Gasteiger partial charge in [0.05, 0.1) is 0 Å². The second-order valence-corrected chi connectivity index (χ2v) is 8.47. The molecule has 0 aromatic heterocycles. The lowest BCUT2D eigenvalue weighted by molar-refractivity contribution is -0.115. The van der Waals surface area contributed by atoms with E-state index in [9.17, 15) is 4.79 Å². The Labute approximate surface area is 148 Å². The van der Waals surface area contributed by atoms with Crippen LogP contribution in [-0.4, -0.2) is 47.7 Å². The first kappa shape index (κ1) is 17.5. The minimum absolute atomic E-state index is 0.202. The Hall–Kier alpha value is -1.30. The summed E-state index contributed by atoms with van der Waals surface area (Å²) in [6.07, 6.45) is -0.202. The fourth-order valence-corrected chi connectivity index (χ4v) is 3.93. The molecule has 1 aromatic carbocycles. The van der Waals surface area contributed by atoms with Crippen molar-refractivity contribution in [3.63, 3.8) is 0 Å². The average molecular weight is 352 g/mol. The minimum atomic E-state index is -0.434. The number of carbonyl (C=O) groups is 1. The fraction of sp³-hybridized carbons (Fsp3) is 0.611. The highest BCUT2D eigenvalue weighted by molar-refractivity contribution is 6.31. The molecule has 0 bridgehead atoms. The number of benzene rings is 1. The van der Waals surface area contributed by atoms with E-state index in [0.29, 0.717) is 6.54 Å². The predicted octanol–water partition coefficient (Wildman–Crippen LogP) is 2.85. The van der Waals surface area contributed by atoms with Gasteiger partial charge in [-0.05, 0) is 38.0 Å². The molecule has 0 radical (unpaired) electrons. The number of rotatable bonds is 3. The van der Waals surface area contributed by atoms with Crippen LogP contribution in [0.4, 0.5) is 4.79 Å². The van der Waals surface area contributed by atoms with Crippen molar-refractivity contribution >= 4 is 17.7 Å². The van der Waals surface area contributed by atoms with Crippen LogP contribution in [0.1, 0.15) is 31.9 Å². The molecule has 2 saturated heterocycles. The molecule has 1 spiro atoms. The molecule has 2 N–H and O–H groups in total. The van der Waals surface area contributed by atoms with Crippen molar-refractivity contribution < 1.29 is 9.53 Å². The van der Waals surface area contributed by atoms with Crippen molar-refractivity contribution in [3.8, 4) is 0 Å². The van der Waals surface area contributed by atoms with Crippen molar-refractivity contribution in [2.75, 3.05) is 26.2 Å². The van der Waals surface area contributed by atoms with E-state index < -0.39 is 5.60 Å². The molecule has 0 unspecified atom stereocenters. The first-order valence-corrected chi connectivity index (χ1v) is 8.76. The molecule has 3 rings (SSSR count). The van der Waals surface area contributed by atoms with Gasteiger partial charge in [0.2, 0.25) is 0 Å². The van der Waals surface area contributed by atoms with Crippen LogP contribution in [0.25, 0.3) is 0 Å². The van der Waals surface area contributed by atoms with Gasteiger partial charge in [0.15, 0.2) is 0 Å². The number of hydrogen-bond acceptors (Lipinski definition) is 4. The minimum Gasteiger partial charge on any atom is -0.444 e. The molecule has 0 aliphatic carbocycles. The Morgan fingerprint density at radius 3 is 2.54 bits per heavy atom. The monoisotopic (exact) mass is 351 g/mol. The molecular formula is C18H26ClN3O2. The van der Waals surface area contributed by atoms with Crippen LogP contribution in [0.5, 0.6) is 0 Å². The van der Waals surface area contributed by atoms with Gasteiger partial charge in [-0.2, -0.15) is 0 Å². The van der Waals surface area contributed by atoms with Crippen LogP contribution in [-0.2, 0) is 17.8 Å². The van der Waals surface area contributed by atoms with Gasteiger partial charge in [-0.3, -0.25) is 4.90 Å². The van der Waals surface area contributed by atoms with E-state index in [1.807, 2.05) is 32.9 Å². The van der Waals surface area contributed by atoms with Gasteiger partial charge in [-0.1, -0.05) is 23.7 Å². The van der Waals surface area contributed by atoms with Crippen LogP contribution in [0, 0.1) is 5.41 Å². The Balaban J connectivity index is 1.49. The number of amides is 1. The van der Waals surface area contributed by atoms with E-state index in [4.69, 9.17) is 22.1 Å². The highest BCUT2D eigenvalue weighted by Gasteiger charge is 2.53. The van der Waals surface area contributed by atoms with E-state index in [0.717, 1.165) is 43.3 Å². The average Bonchev–Trinajstić information content (AvgIpc) is 2.37. The maximum atomic E-state index is 12.0. The number of ether oxygens (including phenoxy) is 1. The number of likely N-dealkylation sites (tertiary alicyclic amines) is 2. The maximum Gasteiger partial charge on any atom is 0.410 e. The van der Waals surface area contributed by atoms with E-state index in [1.165, 1.54) is 5.56 Å². The fourth-order valence-electron chi connectivity index (χ4n) is 3.65. The first-order valence-electron chi connectivity index (χ1n) is 8.38. The van der Waals surface area contributed by atoms with Crippen LogP contribution in [0.2, 0.25) is 5.02 Å². The number of carbonyl (C=O) groups excluding carboxylic acids is 1. The third kappa shape index (κ3) is 3.53. The number of hydrogen-bond donors (Lipinski definition) is 1. The van der Waals surface area contributed by atoms with E-state index in [1.54, 1.807) is 4.90 Å². The van der Waals surface area contributed by atoms with Crippen LogP contribution < -0.4 is 5.73 Å². The van der Waals surface area contributed by atoms with Crippen molar-refractivity contribution in [3.05, 3.63) is 34.3 Å². The summed E-state index contributed by atoms with van der Waals surface area (Å²) in [5.74, 6) is 0. The Morgan fingerprint density at radius 1 is 1.29 bits per heavy atom. The predicted molar refractivity (Wildman–Crippen MR) is 94.9 cm³/mol. The second-order valence-electron chi connectivity index (χ2n) is 8.06. The molecule has 1 amide bonds. The molecule has 2 aliphatic rings. The maximum absolute atomic E-state index is 12.0. The molecule has 2 heterocycles. The van der Waals surface area contributed by atoms with Crippen molar-refractivity contribution in [2.45, 2.75) is 39.5 Å². The van der Waals surface area contributed by atoms with Crippen molar-refractivity contribution in [2.24, 2.45) is 11.1 Å². The van der Waals surface area contributed by atoms with Crippen molar-refractivity contribution in [1.82, 2.24) is 9.80 Å². The summed E-state index contributed by atoms with van der Waals surface area (Å²) in [6.45, 7) is 10.6. The first-order chi connectivity index (χ1) is 11.2. The Morgan fingerprint density at radius 2 is 1.96 bits per heavy atom. The smallest absolute Gasteiger partial charge is 0.410 e. The van der Waals surface area contributed by atoms with Crippen molar-refractivity contribution in [1.29, 1.82) is 0 Å². The Bertz CT molecular complexity index is 628. The topological polar surface area (TPSA) is 58.8 Å². The van der Waals surface area contributed by atoms with E-state index in [2.05, 4.69) is 11.0 Å². The number of nitrogens with two attached hydrogens (primary N) is 1. The summed E-state index contributed by atoms with van der Waals surface area (Å²) < 4.78 is 5.41. The van der Waals surface area contributed by atoms with Gasteiger partial charge in [0.25, 0.3) is 0 Å². The van der Waals surface area contributed by atoms with Gasteiger partial charge in [0, 0.05) is 49.7 Å². The third-order valence-electron chi connectivity index (χ3n) is 4.64. The van der Waals surface area contributed by atoms with Gasteiger partial charge in [-0.25, -0.2) is 4.79 Å². The van der Waals surface area contributed by atoms with Gasteiger partial charge in [-0.15, -0.1) is 0 Å². The second kappa shape index (κ2) is 6.21. The third-order valence-corrected chi connectivity index (χ3v) is 4.99.